The second-order valence-electron chi connectivity index (χ2n) is 4.96. The van der Waals surface area contributed by atoms with Crippen LogP contribution in [0.4, 0.5) is 0 Å². The van der Waals surface area contributed by atoms with Gasteiger partial charge >= 0.3 is 5.97 Å². The number of rotatable bonds is 5. The zero-order chi connectivity index (χ0) is 13.7. The maximum absolute atomic E-state index is 11.0. The molecule has 4 nitrogen and oxygen atoms in total. The Hall–Kier alpha value is -1.55. The first kappa shape index (κ1) is 13.9. The molecule has 1 aliphatic rings. The summed E-state index contributed by atoms with van der Waals surface area (Å²) in [6, 6.07) is 5.89. The molecule has 2 rings (SSSR count). The molecule has 0 saturated heterocycles. The predicted molar refractivity (Wildman–Crippen MR) is 73.0 cm³/mol. The van der Waals surface area contributed by atoms with Gasteiger partial charge in [-0.3, -0.25) is 4.79 Å². The van der Waals surface area contributed by atoms with Crippen molar-refractivity contribution in [2.45, 2.75) is 38.1 Å². The van der Waals surface area contributed by atoms with Crippen molar-refractivity contribution in [3.05, 3.63) is 29.3 Å². The number of carbonyl (C=O) groups is 1. The lowest BCUT2D eigenvalue weighted by atomic mass is 9.87. The van der Waals surface area contributed by atoms with E-state index in [-0.39, 0.29) is 12.0 Å². The molecular formula is C15H21NO3. The highest BCUT2D eigenvalue weighted by Crippen LogP contribution is 2.31. The number of phenolic OH excluding ortho intramolecular Hbond substituents is 1. The molecule has 1 atom stereocenters. The van der Waals surface area contributed by atoms with E-state index in [0.29, 0.717) is 12.2 Å². The fraction of sp³-hybridized carbons (Fsp3) is 0.533. The van der Waals surface area contributed by atoms with Gasteiger partial charge in [0.05, 0.1) is 7.11 Å². The summed E-state index contributed by atoms with van der Waals surface area (Å²) in [5.41, 5.74) is 2.51. The summed E-state index contributed by atoms with van der Waals surface area (Å²) in [6.45, 7) is 0.787. The summed E-state index contributed by atoms with van der Waals surface area (Å²) in [6.07, 6.45) is 4.54. The van der Waals surface area contributed by atoms with Crippen molar-refractivity contribution in [3.8, 4) is 5.75 Å². The lowest BCUT2D eigenvalue weighted by Crippen LogP contribution is -2.26. The minimum atomic E-state index is -0.163. The molecular weight excluding hydrogens is 242 g/mol. The van der Waals surface area contributed by atoms with Gasteiger partial charge < -0.3 is 15.2 Å². The Morgan fingerprint density at radius 1 is 1.53 bits per heavy atom. The molecule has 1 aromatic rings. The molecule has 0 amide bonds. The van der Waals surface area contributed by atoms with Gasteiger partial charge in [0.25, 0.3) is 0 Å². The largest absolute Gasteiger partial charge is 0.508 e. The number of nitrogens with one attached hydrogen (secondary N) is 1. The summed E-state index contributed by atoms with van der Waals surface area (Å²) in [5.74, 6) is 0.158. The Labute approximate surface area is 113 Å². The molecule has 104 valence electrons. The van der Waals surface area contributed by atoms with Crippen molar-refractivity contribution in [2.75, 3.05) is 13.7 Å². The molecule has 1 aromatic carbocycles. The van der Waals surface area contributed by atoms with E-state index in [2.05, 4.69) is 10.1 Å². The zero-order valence-electron chi connectivity index (χ0n) is 11.3. The molecule has 4 heteroatoms. The third kappa shape index (κ3) is 3.70. The number of hydrogen-bond acceptors (Lipinski definition) is 4. The molecule has 1 unspecified atom stereocenters. The van der Waals surface area contributed by atoms with E-state index < -0.39 is 0 Å². The van der Waals surface area contributed by atoms with E-state index in [1.54, 1.807) is 6.07 Å². The normalized spacial score (nSPS) is 17.8. The standard InChI is InChI=1S/C15H21NO3/c1-19-15(18)6-3-9-16-14-5-2-4-11-7-8-12(17)10-13(11)14/h7-8,10,14,16-17H,2-6,9H2,1H3. The Morgan fingerprint density at radius 3 is 3.16 bits per heavy atom. The van der Waals surface area contributed by atoms with E-state index >= 15 is 0 Å². The average Bonchev–Trinajstić information content (AvgIpc) is 2.43. The fourth-order valence-electron chi connectivity index (χ4n) is 2.61. The molecule has 0 heterocycles. The molecule has 19 heavy (non-hydrogen) atoms. The van der Waals surface area contributed by atoms with Crippen LogP contribution in [-0.4, -0.2) is 24.7 Å². The number of benzene rings is 1. The number of carbonyl (C=O) groups excluding carboxylic acids is 1. The number of phenols is 1. The second kappa shape index (κ2) is 6.57. The van der Waals surface area contributed by atoms with E-state index in [9.17, 15) is 9.90 Å². The number of aromatic hydroxyl groups is 1. The van der Waals surface area contributed by atoms with E-state index in [0.717, 1.165) is 32.2 Å². The van der Waals surface area contributed by atoms with Crippen molar-refractivity contribution < 1.29 is 14.6 Å². The minimum absolute atomic E-state index is 0.163. The monoisotopic (exact) mass is 263 g/mol. The van der Waals surface area contributed by atoms with Crippen LogP contribution in [0.25, 0.3) is 0 Å². The van der Waals surface area contributed by atoms with Crippen molar-refractivity contribution in [1.82, 2.24) is 5.32 Å². The van der Waals surface area contributed by atoms with Crippen LogP contribution in [0.2, 0.25) is 0 Å². The Kier molecular flexibility index (Phi) is 4.80. The van der Waals surface area contributed by atoms with Gasteiger partial charge in [-0.1, -0.05) is 6.07 Å². The van der Waals surface area contributed by atoms with Crippen LogP contribution in [0.15, 0.2) is 18.2 Å². The van der Waals surface area contributed by atoms with Crippen LogP contribution < -0.4 is 5.32 Å². The SMILES string of the molecule is COC(=O)CCCNC1CCCc2ccc(O)cc21. The summed E-state index contributed by atoms with van der Waals surface area (Å²) in [4.78, 5) is 11.0. The molecule has 0 spiro atoms. The first-order valence-electron chi connectivity index (χ1n) is 6.82. The quantitative estimate of drug-likeness (QED) is 0.632. The maximum atomic E-state index is 11.0. The Morgan fingerprint density at radius 2 is 2.37 bits per heavy atom. The molecule has 0 radical (unpaired) electrons. The van der Waals surface area contributed by atoms with Crippen LogP contribution in [0.5, 0.6) is 5.75 Å². The predicted octanol–water partition coefficient (Wildman–Crippen LogP) is 2.31. The summed E-state index contributed by atoms with van der Waals surface area (Å²) < 4.78 is 4.61. The van der Waals surface area contributed by atoms with Crippen LogP contribution in [-0.2, 0) is 16.0 Å². The van der Waals surface area contributed by atoms with Gasteiger partial charge in [0.1, 0.15) is 5.75 Å². The van der Waals surface area contributed by atoms with Gasteiger partial charge in [0, 0.05) is 12.5 Å². The highest BCUT2D eigenvalue weighted by atomic mass is 16.5. The van der Waals surface area contributed by atoms with Crippen molar-refractivity contribution in [2.24, 2.45) is 0 Å². The second-order valence-corrected chi connectivity index (χ2v) is 4.96. The summed E-state index contributed by atoms with van der Waals surface area (Å²) >= 11 is 0. The van der Waals surface area contributed by atoms with Crippen molar-refractivity contribution in [3.63, 3.8) is 0 Å². The van der Waals surface area contributed by atoms with Crippen LogP contribution in [0, 0.1) is 0 Å². The first-order valence-corrected chi connectivity index (χ1v) is 6.82. The van der Waals surface area contributed by atoms with Gasteiger partial charge in [-0.25, -0.2) is 0 Å². The van der Waals surface area contributed by atoms with Gasteiger partial charge in [0.15, 0.2) is 0 Å². The highest BCUT2D eigenvalue weighted by molar-refractivity contribution is 5.69. The van der Waals surface area contributed by atoms with Crippen LogP contribution >= 0.6 is 0 Å². The third-order valence-corrected chi connectivity index (χ3v) is 3.62. The van der Waals surface area contributed by atoms with Crippen LogP contribution in [0.1, 0.15) is 42.9 Å². The first-order chi connectivity index (χ1) is 9.20. The van der Waals surface area contributed by atoms with Crippen LogP contribution in [0.3, 0.4) is 0 Å². The molecule has 0 bridgehead atoms. The molecule has 0 fully saturated rings. The average molecular weight is 263 g/mol. The number of hydrogen-bond donors (Lipinski definition) is 2. The number of ether oxygens (including phenoxy) is 1. The van der Waals surface area contributed by atoms with Crippen molar-refractivity contribution >= 4 is 5.97 Å². The Bertz CT molecular complexity index is 445. The molecule has 0 saturated carbocycles. The van der Waals surface area contributed by atoms with E-state index in [1.807, 2.05) is 12.1 Å². The lowest BCUT2D eigenvalue weighted by Gasteiger charge is -2.26. The van der Waals surface area contributed by atoms with Gasteiger partial charge in [-0.05, 0) is 55.5 Å². The molecule has 2 N–H and O–H groups in total. The van der Waals surface area contributed by atoms with E-state index in [1.165, 1.54) is 18.2 Å². The molecule has 0 aliphatic heterocycles. The maximum Gasteiger partial charge on any atom is 0.305 e. The minimum Gasteiger partial charge on any atom is -0.508 e. The molecule has 0 aromatic heterocycles. The van der Waals surface area contributed by atoms with Gasteiger partial charge in [-0.15, -0.1) is 0 Å². The number of esters is 1. The lowest BCUT2D eigenvalue weighted by molar-refractivity contribution is -0.140. The number of methoxy groups -OCH3 is 1. The van der Waals surface area contributed by atoms with Gasteiger partial charge in [-0.2, -0.15) is 0 Å². The van der Waals surface area contributed by atoms with Crippen molar-refractivity contribution in [1.29, 1.82) is 0 Å². The smallest absolute Gasteiger partial charge is 0.305 e. The fourth-order valence-corrected chi connectivity index (χ4v) is 2.61. The summed E-state index contributed by atoms with van der Waals surface area (Å²) in [7, 11) is 1.41. The molecule has 1 aliphatic carbocycles. The third-order valence-electron chi connectivity index (χ3n) is 3.62. The Balaban J connectivity index is 1.89. The highest BCUT2D eigenvalue weighted by Gasteiger charge is 2.19. The topological polar surface area (TPSA) is 58.6 Å². The number of fused-ring (bicyclic) bond motifs is 1. The zero-order valence-corrected chi connectivity index (χ0v) is 11.3. The summed E-state index contributed by atoms with van der Waals surface area (Å²) in [5, 5.41) is 13.1. The van der Waals surface area contributed by atoms with E-state index in [4.69, 9.17) is 0 Å². The van der Waals surface area contributed by atoms with Gasteiger partial charge in [0.2, 0.25) is 0 Å². The number of aryl methyl sites for hydroxylation is 1.